The number of hydrogen-bond donors (Lipinski definition) is 1. The van der Waals surface area contributed by atoms with E-state index in [0.717, 1.165) is 0 Å². The molecule has 0 amide bonds. The summed E-state index contributed by atoms with van der Waals surface area (Å²) in [5, 5.41) is 0. The lowest BCUT2D eigenvalue weighted by Crippen LogP contribution is -2.26. The molecule has 0 spiro atoms. The first kappa shape index (κ1) is 13.8. The average molecular weight is 342 g/mol. The Hall–Kier alpha value is -1.60. The van der Waals surface area contributed by atoms with Gasteiger partial charge in [-0.05, 0) is 46.3 Å². The van der Waals surface area contributed by atoms with Gasteiger partial charge in [-0.25, -0.2) is 8.42 Å². The highest BCUT2D eigenvalue weighted by Crippen LogP contribution is 2.28. The maximum Gasteiger partial charge on any atom is 0.265 e. The molecule has 19 heavy (non-hydrogen) atoms. The van der Waals surface area contributed by atoms with Crippen LogP contribution in [0.15, 0.2) is 52.1 Å². The minimum Gasteiger partial charge on any atom is -0.399 e. The van der Waals surface area contributed by atoms with Gasteiger partial charge in [0.15, 0.2) is 0 Å². The highest BCUT2D eigenvalue weighted by molar-refractivity contribution is 9.10. The lowest BCUT2D eigenvalue weighted by Gasteiger charge is -2.20. The number of sulfonamides is 1. The van der Waals surface area contributed by atoms with E-state index in [4.69, 9.17) is 5.73 Å². The van der Waals surface area contributed by atoms with Gasteiger partial charge in [-0.2, -0.15) is 0 Å². The van der Waals surface area contributed by atoms with Crippen molar-refractivity contribution in [2.75, 3.05) is 17.1 Å². The molecule has 0 aliphatic rings. The standard InChI is InChI=1S/C12H12BrN3O2S/c1-16(10-4-6-15-7-5-10)19(17,18)12-8-9(14)2-3-11(12)13/h2-8H,14H2,1H3. The third-order valence-electron chi connectivity index (χ3n) is 2.62. The molecule has 2 N–H and O–H groups in total. The number of nitrogen functional groups attached to an aromatic ring is 1. The molecule has 2 rings (SSSR count). The van der Waals surface area contributed by atoms with Gasteiger partial charge in [-0.15, -0.1) is 0 Å². The van der Waals surface area contributed by atoms with Crippen molar-refractivity contribution in [3.8, 4) is 0 Å². The van der Waals surface area contributed by atoms with E-state index in [0.29, 0.717) is 15.8 Å². The zero-order chi connectivity index (χ0) is 14.0. The molecule has 0 atom stereocenters. The molecule has 0 bridgehead atoms. The van der Waals surface area contributed by atoms with E-state index in [1.54, 1.807) is 24.3 Å². The molecule has 100 valence electrons. The van der Waals surface area contributed by atoms with E-state index in [1.165, 1.54) is 29.8 Å². The first-order valence-electron chi connectivity index (χ1n) is 5.37. The lowest BCUT2D eigenvalue weighted by molar-refractivity contribution is 0.594. The molecule has 1 aromatic heterocycles. The molecular formula is C12H12BrN3O2S. The Balaban J connectivity index is 2.51. The van der Waals surface area contributed by atoms with Crippen molar-refractivity contribution in [3.63, 3.8) is 0 Å². The van der Waals surface area contributed by atoms with Crippen LogP contribution in [0.25, 0.3) is 0 Å². The summed E-state index contributed by atoms with van der Waals surface area (Å²) >= 11 is 3.23. The second-order valence-electron chi connectivity index (χ2n) is 3.87. The van der Waals surface area contributed by atoms with Gasteiger partial charge in [-0.3, -0.25) is 9.29 Å². The lowest BCUT2D eigenvalue weighted by atomic mass is 10.3. The number of nitrogens with zero attached hydrogens (tertiary/aromatic N) is 2. The monoisotopic (exact) mass is 341 g/mol. The molecule has 1 heterocycles. The van der Waals surface area contributed by atoms with E-state index in [-0.39, 0.29) is 4.90 Å². The van der Waals surface area contributed by atoms with Gasteiger partial charge in [0.2, 0.25) is 0 Å². The molecule has 0 unspecified atom stereocenters. The fourth-order valence-electron chi connectivity index (χ4n) is 1.56. The minimum atomic E-state index is -3.67. The van der Waals surface area contributed by atoms with Gasteiger partial charge < -0.3 is 5.73 Å². The molecular weight excluding hydrogens is 330 g/mol. The van der Waals surface area contributed by atoms with Crippen molar-refractivity contribution >= 4 is 37.3 Å². The van der Waals surface area contributed by atoms with E-state index >= 15 is 0 Å². The van der Waals surface area contributed by atoms with E-state index in [9.17, 15) is 8.42 Å². The normalized spacial score (nSPS) is 11.3. The van der Waals surface area contributed by atoms with E-state index < -0.39 is 10.0 Å². The topological polar surface area (TPSA) is 76.3 Å². The van der Waals surface area contributed by atoms with Crippen LogP contribution in [0.4, 0.5) is 11.4 Å². The van der Waals surface area contributed by atoms with Gasteiger partial charge >= 0.3 is 0 Å². The molecule has 0 fully saturated rings. The maximum absolute atomic E-state index is 12.5. The number of hydrogen-bond acceptors (Lipinski definition) is 4. The number of anilines is 2. The zero-order valence-electron chi connectivity index (χ0n) is 10.1. The van der Waals surface area contributed by atoms with Crippen LogP contribution < -0.4 is 10.0 Å². The predicted octanol–water partition coefficient (Wildman–Crippen LogP) is 2.25. The highest BCUT2D eigenvalue weighted by Gasteiger charge is 2.24. The largest absolute Gasteiger partial charge is 0.399 e. The summed E-state index contributed by atoms with van der Waals surface area (Å²) in [5.74, 6) is 0. The number of rotatable bonds is 3. The molecule has 7 heteroatoms. The summed E-state index contributed by atoms with van der Waals surface area (Å²) in [5.41, 5.74) is 6.57. The van der Waals surface area contributed by atoms with Crippen molar-refractivity contribution < 1.29 is 8.42 Å². The van der Waals surface area contributed by atoms with Gasteiger partial charge in [0, 0.05) is 29.6 Å². The Morgan fingerprint density at radius 3 is 2.47 bits per heavy atom. The summed E-state index contributed by atoms with van der Waals surface area (Å²) < 4.78 is 26.7. The Morgan fingerprint density at radius 2 is 1.84 bits per heavy atom. The highest BCUT2D eigenvalue weighted by atomic mass is 79.9. The van der Waals surface area contributed by atoms with Crippen LogP contribution in [0.3, 0.4) is 0 Å². The fraction of sp³-hybridized carbons (Fsp3) is 0.0833. The smallest absolute Gasteiger partial charge is 0.265 e. The zero-order valence-corrected chi connectivity index (χ0v) is 12.5. The van der Waals surface area contributed by atoms with Crippen molar-refractivity contribution in [1.82, 2.24) is 4.98 Å². The third kappa shape index (κ3) is 2.71. The Kier molecular flexibility index (Phi) is 3.77. The summed E-state index contributed by atoms with van der Waals surface area (Å²) in [6.07, 6.45) is 3.07. The van der Waals surface area contributed by atoms with Crippen LogP contribution in [-0.2, 0) is 10.0 Å². The molecule has 1 aromatic carbocycles. The number of benzene rings is 1. The quantitative estimate of drug-likeness (QED) is 0.868. The van der Waals surface area contributed by atoms with Gasteiger partial charge in [0.25, 0.3) is 10.0 Å². The second-order valence-corrected chi connectivity index (χ2v) is 6.66. The third-order valence-corrected chi connectivity index (χ3v) is 5.40. The first-order chi connectivity index (χ1) is 8.93. The van der Waals surface area contributed by atoms with E-state index in [1.807, 2.05) is 0 Å². The van der Waals surface area contributed by atoms with Crippen LogP contribution in [0.1, 0.15) is 0 Å². The molecule has 0 saturated carbocycles. The summed E-state index contributed by atoms with van der Waals surface area (Å²) in [6, 6.07) is 7.92. The SMILES string of the molecule is CN(c1ccncc1)S(=O)(=O)c1cc(N)ccc1Br. The van der Waals surface area contributed by atoms with Gasteiger partial charge in [0.05, 0.1) is 5.69 Å². The van der Waals surface area contributed by atoms with Crippen LogP contribution in [0.5, 0.6) is 0 Å². The van der Waals surface area contributed by atoms with Crippen molar-refractivity contribution in [2.24, 2.45) is 0 Å². The fourth-order valence-corrected chi connectivity index (χ4v) is 3.71. The summed E-state index contributed by atoms with van der Waals surface area (Å²) in [7, 11) is -2.18. The van der Waals surface area contributed by atoms with E-state index in [2.05, 4.69) is 20.9 Å². The van der Waals surface area contributed by atoms with Crippen LogP contribution in [0.2, 0.25) is 0 Å². The van der Waals surface area contributed by atoms with Crippen LogP contribution in [-0.4, -0.2) is 20.4 Å². The number of aromatic nitrogens is 1. The second kappa shape index (κ2) is 5.18. The molecule has 0 aliphatic heterocycles. The molecule has 0 radical (unpaired) electrons. The Morgan fingerprint density at radius 1 is 1.21 bits per heavy atom. The average Bonchev–Trinajstić information content (AvgIpc) is 2.41. The Bertz CT molecular complexity index is 689. The molecule has 0 saturated heterocycles. The van der Waals surface area contributed by atoms with Crippen LogP contribution in [0, 0.1) is 0 Å². The summed E-state index contributed by atoms with van der Waals surface area (Å²) in [4.78, 5) is 3.99. The predicted molar refractivity (Wildman–Crippen MR) is 78.4 cm³/mol. The molecule has 5 nitrogen and oxygen atoms in total. The number of nitrogens with two attached hydrogens (primary N) is 1. The van der Waals surface area contributed by atoms with Gasteiger partial charge in [-0.1, -0.05) is 0 Å². The molecule has 0 aliphatic carbocycles. The van der Waals surface area contributed by atoms with Crippen molar-refractivity contribution in [3.05, 3.63) is 47.2 Å². The number of pyridine rings is 1. The van der Waals surface area contributed by atoms with Crippen molar-refractivity contribution in [1.29, 1.82) is 0 Å². The van der Waals surface area contributed by atoms with Crippen molar-refractivity contribution in [2.45, 2.75) is 4.90 Å². The van der Waals surface area contributed by atoms with Gasteiger partial charge in [0.1, 0.15) is 4.90 Å². The molecule has 2 aromatic rings. The number of halogens is 1. The first-order valence-corrected chi connectivity index (χ1v) is 7.60. The summed E-state index contributed by atoms with van der Waals surface area (Å²) in [6.45, 7) is 0. The Labute approximate surface area is 120 Å². The minimum absolute atomic E-state index is 0.131. The van der Waals surface area contributed by atoms with Crippen LogP contribution >= 0.6 is 15.9 Å². The maximum atomic E-state index is 12.5.